The lowest BCUT2D eigenvalue weighted by atomic mass is 9.65. The van der Waals surface area contributed by atoms with Gasteiger partial charge in [0.1, 0.15) is 0 Å². The van der Waals surface area contributed by atoms with Gasteiger partial charge in [0.25, 0.3) is 5.91 Å². The summed E-state index contributed by atoms with van der Waals surface area (Å²) in [6.45, 7) is 8.50. The van der Waals surface area contributed by atoms with Gasteiger partial charge in [-0.2, -0.15) is 0 Å². The third-order valence-electron chi connectivity index (χ3n) is 7.00. The van der Waals surface area contributed by atoms with Gasteiger partial charge in [-0.15, -0.1) is 0 Å². The monoisotopic (exact) mass is 455 g/mol. The summed E-state index contributed by atoms with van der Waals surface area (Å²) in [4.78, 5) is 28.7. The van der Waals surface area contributed by atoms with Crippen molar-refractivity contribution in [2.24, 2.45) is 0 Å². The molecule has 0 bridgehead atoms. The number of carbonyl (C=O) groups is 2. The van der Waals surface area contributed by atoms with E-state index in [1.54, 1.807) is 12.1 Å². The zero-order chi connectivity index (χ0) is 23.5. The summed E-state index contributed by atoms with van der Waals surface area (Å²) in [6.07, 6.45) is 2.27. The third-order valence-corrected chi connectivity index (χ3v) is 7.25. The number of carbonyl (C=O) groups excluding carboxylic acids is 2. The number of nitrogens with zero attached hydrogens (tertiary/aromatic N) is 1. The van der Waals surface area contributed by atoms with E-state index in [-0.39, 0.29) is 17.1 Å². The first-order chi connectivity index (χ1) is 15.6. The molecule has 2 aliphatic heterocycles. The van der Waals surface area contributed by atoms with Crippen molar-refractivity contribution in [2.75, 3.05) is 4.90 Å². The predicted octanol–water partition coefficient (Wildman–Crippen LogP) is 6.75. The molecular weight excluding hydrogens is 430 g/mol. The topological polar surface area (TPSA) is 37.4 Å². The summed E-state index contributed by atoms with van der Waals surface area (Å²) in [5, 5.41) is 0.702. The molecule has 3 nitrogen and oxygen atoms in total. The maximum Gasteiger partial charge on any atom is 0.259 e. The van der Waals surface area contributed by atoms with Crippen LogP contribution in [0.1, 0.15) is 59.8 Å². The number of allylic oxidation sites excluding steroid dienone is 1. The van der Waals surface area contributed by atoms with E-state index in [2.05, 4.69) is 39.0 Å². The third kappa shape index (κ3) is 3.34. The first-order valence-corrected chi connectivity index (χ1v) is 11.6. The van der Waals surface area contributed by atoms with Crippen molar-refractivity contribution in [3.63, 3.8) is 0 Å². The molecule has 0 fully saturated rings. The van der Waals surface area contributed by atoms with Gasteiger partial charge in [0.15, 0.2) is 5.78 Å². The minimum Gasteiger partial charge on any atom is -0.302 e. The van der Waals surface area contributed by atoms with Gasteiger partial charge < -0.3 is 4.90 Å². The van der Waals surface area contributed by atoms with Crippen LogP contribution >= 0.6 is 11.6 Å². The molecule has 1 atom stereocenters. The van der Waals surface area contributed by atoms with E-state index in [0.717, 1.165) is 34.4 Å². The molecular formula is C29H26ClNO2. The minimum atomic E-state index is -0.437. The van der Waals surface area contributed by atoms with Crippen LogP contribution in [-0.4, -0.2) is 17.2 Å². The van der Waals surface area contributed by atoms with Crippen LogP contribution < -0.4 is 4.90 Å². The van der Waals surface area contributed by atoms with Crippen LogP contribution in [0.3, 0.4) is 0 Å². The van der Waals surface area contributed by atoms with Crippen molar-refractivity contribution in [1.82, 2.24) is 0 Å². The average Bonchev–Trinajstić information content (AvgIpc) is 3.05. The number of hydrogen-bond donors (Lipinski definition) is 0. The molecule has 2 heterocycles. The van der Waals surface area contributed by atoms with E-state index in [4.69, 9.17) is 11.6 Å². The lowest BCUT2D eigenvalue weighted by molar-refractivity contribution is -0.114. The van der Waals surface area contributed by atoms with E-state index in [1.165, 1.54) is 6.08 Å². The molecule has 1 amide bonds. The van der Waals surface area contributed by atoms with Crippen LogP contribution in [0.15, 0.2) is 72.8 Å². The second-order valence-corrected chi connectivity index (χ2v) is 10.4. The maximum atomic E-state index is 13.8. The largest absolute Gasteiger partial charge is 0.302 e. The van der Waals surface area contributed by atoms with Gasteiger partial charge in [-0.05, 0) is 62.6 Å². The maximum absolute atomic E-state index is 13.8. The van der Waals surface area contributed by atoms with Gasteiger partial charge >= 0.3 is 0 Å². The lowest BCUT2D eigenvalue weighted by Crippen LogP contribution is -2.54. The van der Waals surface area contributed by atoms with Gasteiger partial charge in [0.05, 0.1) is 11.3 Å². The van der Waals surface area contributed by atoms with Gasteiger partial charge in [0.2, 0.25) is 0 Å². The Kier molecular flexibility index (Phi) is 4.88. The van der Waals surface area contributed by atoms with Crippen LogP contribution in [0.4, 0.5) is 5.69 Å². The standard InChI is InChI=1S/C29H26ClNO2/c1-18-14-22-23(16-25(32)19-8-6-5-7-9-19)27(33)31-26(22)24(15-18)29(4,17-28(31,2)3)20-10-12-21(30)13-11-20/h5-16H,17H2,1-4H3. The van der Waals surface area contributed by atoms with Crippen molar-refractivity contribution in [3.8, 4) is 0 Å². The molecule has 0 aromatic heterocycles. The van der Waals surface area contributed by atoms with Crippen molar-refractivity contribution in [2.45, 2.75) is 45.1 Å². The Bertz CT molecular complexity index is 1320. The highest BCUT2D eigenvalue weighted by molar-refractivity contribution is 6.37. The van der Waals surface area contributed by atoms with Crippen LogP contribution in [0.2, 0.25) is 5.02 Å². The van der Waals surface area contributed by atoms with Crippen molar-refractivity contribution < 1.29 is 9.59 Å². The Morgan fingerprint density at radius 1 is 1.00 bits per heavy atom. The molecule has 0 radical (unpaired) electrons. The molecule has 4 heteroatoms. The van der Waals surface area contributed by atoms with Crippen LogP contribution in [-0.2, 0) is 10.2 Å². The summed E-state index contributed by atoms with van der Waals surface area (Å²) in [5.74, 6) is -0.267. The zero-order valence-corrected chi connectivity index (χ0v) is 20.0. The van der Waals surface area contributed by atoms with E-state index in [0.29, 0.717) is 16.2 Å². The van der Waals surface area contributed by atoms with Gasteiger partial charge in [-0.3, -0.25) is 9.59 Å². The molecule has 0 saturated heterocycles. The molecule has 3 aromatic rings. The fraction of sp³-hybridized carbons (Fsp3) is 0.241. The summed E-state index contributed by atoms with van der Waals surface area (Å²) < 4.78 is 0. The number of benzene rings is 3. The number of rotatable bonds is 3. The quantitative estimate of drug-likeness (QED) is 0.323. The fourth-order valence-corrected chi connectivity index (χ4v) is 5.76. The van der Waals surface area contributed by atoms with Crippen molar-refractivity contribution in [3.05, 3.63) is 106 Å². The zero-order valence-electron chi connectivity index (χ0n) is 19.3. The summed E-state index contributed by atoms with van der Waals surface area (Å²) in [5.41, 5.74) is 5.41. The number of halogens is 1. The molecule has 1 unspecified atom stereocenters. The Balaban J connectivity index is 1.74. The first kappa shape index (κ1) is 21.7. The fourth-order valence-electron chi connectivity index (χ4n) is 5.63. The molecule has 2 aliphatic rings. The van der Waals surface area contributed by atoms with E-state index < -0.39 is 5.54 Å². The molecule has 166 valence electrons. The van der Waals surface area contributed by atoms with E-state index >= 15 is 0 Å². The highest BCUT2D eigenvalue weighted by Crippen LogP contribution is 2.56. The summed E-state index contributed by atoms with van der Waals surface area (Å²) in [6, 6.07) is 21.3. The second-order valence-electron chi connectivity index (χ2n) is 9.97. The Morgan fingerprint density at radius 2 is 1.67 bits per heavy atom. The number of hydrogen-bond acceptors (Lipinski definition) is 2. The Labute approximate surface area is 199 Å². The first-order valence-electron chi connectivity index (χ1n) is 11.2. The molecule has 0 spiro atoms. The van der Waals surface area contributed by atoms with Gasteiger partial charge in [-0.1, -0.05) is 72.6 Å². The smallest absolute Gasteiger partial charge is 0.259 e. The second kappa shape index (κ2) is 7.43. The number of ketones is 1. The normalized spacial score (nSPS) is 21.9. The highest BCUT2D eigenvalue weighted by Gasteiger charge is 2.52. The SMILES string of the molecule is Cc1cc2c3c(c1)C(C)(c1ccc(Cl)cc1)CC(C)(C)N3C(=O)C2=CC(=O)c1ccccc1. The Hall–Kier alpha value is -3.17. The van der Waals surface area contributed by atoms with Crippen LogP contribution in [0.5, 0.6) is 0 Å². The predicted molar refractivity (Wildman–Crippen MR) is 134 cm³/mol. The van der Waals surface area contributed by atoms with Gasteiger partial charge in [0, 0.05) is 27.1 Å². The lowest BCUT2D eigenvalue weighted by Gasteiger charge is -2.50. The molecule has 33 heavy (non-hydrogen) atoms. The van der Waals surface area contributed by atoms with E-state index in [9.17, 15) is 9.59 Å². The van der Waals surface area contributed by atoms with E-state index in [1.807, 2.05) is 48.2 Å². The van der Waals surface area contributed by atoms with Crippen molar-refractivity contribution in [1.29, 1.82) is 0 Å². The molecule has 0 aliphatic carbocycles. The van der Waals surface area contributed by atoms with Crippen molar-refractivity contribution >= 4 is 34.6 Å². The summed E-state index contributed by atoms with van der Waals surface area (Å²) in [7, 11) is 0. The van der Waals surface area contributed by atoms with Crippen LogP contribution in [0.25, 0.3) is 5.57 Å². The number of anilines is 1. The molecule has 5 rings (SSSR count). The Morgan fingerprint density at radius 3 is 2.33 bits per heavy atom. The minimum absolute atomic E-state index is 0.107. The van der Waals surface area contributed by atoms with Crippen LogP contribution in [0, 0.1) is 6.92 Å². The summed E-state index contributed by atoms with van der Waals surface area (Å²) >= 11 is 6.18. The number of amides is 1. The molecule has 0 N–H and O–H groups in total. The number of aryl methyl sites for hydroxylation is 1. The molecule has 3 aromatic carbocycles. The molecule has 0 saturated carbocycles. The average molecular weight is 456 g/mol. The highest BCUT2D eigenvalue weighted by atomic mass is 35.5. The van der Waals surface area contributed by atoms with Gasteiger partial charge in [-0.25, -0.2) is 0 Å².